The van der Waals surface area contributed by atoms with E-state index in [1.807, 2.05) is 12.1 Å². The second kappa shape index (κ2) is 9.15. The highest BCUT2D eigenvalue weighted by molar-refractivity contribution is 9.10. The fourth-order valence-corrected chi connectivity index (χ4v) is 4.56. The first-order valence-electron chi connectivity index (χ1n) is 9.98. The minimum Gasteiger partial charge on any atom is -0.350 e. The number of amidine groups is 1. The summed E-state index contributed by atoms with van der Waals surface area (Å²) < 4.78 is 1.12. The van der Waals surface area contributed by atoms with Crippen molar-refractivity contribution in [2.45, 2.75) is 26.3 Å². The molecule has 0 aliphatic carbocycles. The minimum absolute atomic E-state index is 0.824. The van der Waals surface area contributed by atoms with Gasteiger partial charge in [0.15, 0.2) is 0 Å². The summed E-state index contributed by atoms with van der Waals surface area (Å²) in [6.07, 6.45) is 1.85. The molecule has 3 aromatic rings. The Hall–Kier alpha value is -2.10. The van der Waals surface area contributed by atoms with Crippen LogP contribution in [0, 0.1) is 6.92 Å². The smallest absolute Gasteiger partial charge is 0.131 e. The van der Waals surface area contributed by atoms with E-state index in [4.69, 9.17) is 16.6 Å². The van der Waals surface area contributed by atoms with Crippen molar-refractivity contribution in [2.75, 3.05) is 13.1 Å². The standard InChI is InChI=1S/C25H24BrClN2/c1-18-10-12-21(26)16-20(18)11-13-22-23(8-5-9-24(22)27)25-28-14-15-29(25)17-19-6-3-2-4-7-19/h2-10,12,16H,11,13-15,17H2,1H3. The molecule has 0 amide bonds. The summed E-state index contributed by atoms with van der Waals surface area (Å²) in [4.78, 5) is 7.22. The average molecular weight is 468 g/mol. The lowest BCUT2D eigenvalue weighted by Gasteiger charge is -2.23. The van der Waals surface area contributed by atoms with E-state index in [1.165, 1.54) is 27.8 Å². The second-order valence-electron chi connectivity index (χ2n) is 7.45. The van der Waals surface area contributed by atoms with Gasteiger partial charge in [0, 0.05) is 28.1 Å². The zero-order chi connectivity index (χ0) is 20.2. The predicted molar refractivity (Wildman–Crippen MR) is 126 cm³/mol. The molecule has 29 heavy (non-hydrogen) atoms. The molecule has 0 bridgehead atoms. The molecule has 0 aromatic heterocycles. The summed E-state index contributed by atoms with van der Waals surface area (Å²) in [6.45, 7) is 4.81. The molecule has 1 aliphatic rings. The molecule has 2 nitrogen and oxygen atoms in total. The Morgan fingerprint density at radius 1 is 1.00 bits per heavy atom. The number of hydrogen-bond acceptors (Lipinski definition) is 2. The van der Waals surface area contributed by atoms with Crippen LogP contribution in [0.2, 0.25) is 5.02 Å². The third-order valence-electron chi connectivity index (χ3n) is 5.46. The van der Waals surface area contributed by atoms with Gasteiger partial charge < -0.3 is 4.90 Å². The lowest BCUT2D eigenvalue weighted by molar-refractivity contribution is 0.452. The van der Waals surface area contributed by atoms with Gasteiger partial charge in [0.2, 0.25) is 0 Å². The van der Waals surface area contributed by atoms with Crippen LogP contribution in [0.4, 0.5) is 0 Å². The van der Waals surface area contributed by atoms with Crippen LogP contribution in [0.5, 0.6) is 0 Å². The van der Waals surface area contributed by atoms with Crippen LogP contribution >= 0.6 is 27.5 Å². The quantitative estimate of drug-likeness (QED) is 0.406. The lowest BCUT2D eigenvalue weighted by Crippen LogP contribution is -2.28. The first-order valence-corrected chi connectivity index (χ1v) is 11.1. The fraction of sp³-hybridized carbons (Fsp3) is 0.240. The molecule has 0 atom stereocenters. The van der Waals surface area contributed by atoms with Crippen LogP contribution in [0.15, 0.2) is 76.2 Å². The first kappa shape index (κ1) is 20.2. The first-order chi connectivity index (χ1) is 14.1. The van der Waals surface area contributed by atoms with Crippen molar-refractivity contribution >= 4 is 33.4 Å². The lowest BCUT2D eigenvalue weighted by atomic mass is 9.96. The van der Waals surface area contributed by atoms with Crippen molar-refractivity contribution in [3.63, 3.8) is 0 Å². The van der Waals surface area contributed by atoms with Crippen LogP contribution in [0.1, 0.15) is 27.8 Å². The van der Waals surface area contributed by atoms with Gasteiger partial charge in [-0.15, -0.1) is 0 Å². The zero-order valence-corrected chi connectivity index (χ0v) is 18.9. The minimum atomic E-state index is 0.824. The molecule has 0 saturated carbocycles. The highest BCUT2D eigenvalue weighted by Crippen LogP contribution is 2.27. The molecular weight excluding hydrogens is 444 g/mol. The third-order valence-corrected chi connectivity index (χ3v) is 6.31. The summed E-state index contributed by atoms with van der Waals surface area (Å²) in [5, 5.41) is 0.824. The number of aryl methyl sites for hydroxylation is 2. The molecular formula is C25H24BrClN2. The van der Waals surface area contributed by atoms with Gasteiger partial charge in [0.05, 0.1) is 6.54 Å². The SMILES string of the molecule is Cc1ccc(Br)cc1CCc1c(Cl)cccc1C1=NCCN1Cc1ccccc1. The molecule has 0 saturated heterocycles. The second-order valence-corrected chi connectivity index (χ2v) is 8.77. The largest absolute Gasteiger partial charge is 0.350 e. The van der Waals surface area contributed by atoms with Crippen molar-refractivity contribution in [2.24, 2.45) is 4.99 Å². The number of aliphatic imine (C=N–C) groups is 1. The van der Waals surface area contributed by atoms with E-state index in [0.29, 0.717) is 0 Å². The van der Waals surface area contributed by atoms with Crippen LogP contribution in [0.25, 0.3) is 0 Å². The highest BCUT2D eigenvalue weighted by atomic mass is 79.9. The normalized spacial score (nSPS) is 13.6. The predicted octanol–water partition coefficient (Wildman–Crippen LogP) is 6.46. The van der Waals surface area contributed by atoms with E-state index in [1.54, 1.807) is 0 Å². The van der Waals surface area contributed by atoms with Gasteiger partial charge in [-0.1, -0.05) is 76.1 Å². The number of rotatable bonds is 6. The van der Waals surface area contributed by atoms with E-state index in [-0.39, 0.29) is 0 Å². The third kappa shape index (κ3) is 4.73. The number of benzene rings is 3. The number of hydrogen-bond donors (Lipinski definition) is 0. The summed E-state index contributed by atoms with van der Waals surface area (Å²) in [6, 6.07) is 23.2. The van der Waals surface area contributed by atoms with Gasteiger partial charge in [0.25, 0.3) is 0 Å². The van der Waals surface area contributed by atoms with Gasteiger partial charge in [-0.05, 0) is 60.2 Å². The Labute approximate surface area is 186 Å². The molecule has 1 aliphatic heterocycles. The van der Waals surface area contributed by atoms with Gasteiger partial charge in [0.1, 0.15) is 5.84 Å². The summed E-state index contributed by atoms with van der Waals surface area (Å²) in [5.74, 6) is 1.07. The van der Waals surface area contributed by atoms with Gasteiger partial charge in [-0.25, -0.2) is 0 Å². The Bertz CT molecular complexity index is 1030. The number of halogens is 2. The summed E-state index contributed by atoms with van der Waals surface area (Å²) in [7, 11) is 0. The van der Waals surface area contributed by atoms with Gasteiger partial charge >= 0.3 is 0 Å². The van der Waals surface area contributed by atoms with E-state index < -0.39 is 0 Å². The van der Waals surface area contributed by atoms with Crippen LogP contribution < -0.4 is 0 Å². The average Bonchev–Trinajstić information content (AvgIpc) is 3.18. The van der Waals surface area contributed by atoms with Crippen molar-refractivity contribution in [1.29, 1.82) is 0 Å². The maximum atomic E-state index is 6.67. The molecule has 1 heterocycles. The topological polar surface area (TPSA) is 15.6 Å². The Morgan fingerprint density at radius 2 is 1.83 bits per heavy atom. The molecule has 0 unspecified atom stereocenters. The van der Waals surface area contributed by atoms with Crippen molar-refractivity contribution in [1.82, 2.24) is 4.90 Å². The monoisotopic (exact) mass is 466 g/mol. The Morgan fingerprint density at radius 3 is 2.66 bits per heavy atom. The highest BCUT2D eigenvalue weighted by Gasteiger charge is 2.22. The van der Waals surface area contributed by atoms with Gasteiger partial charge in [-0.2, -0.15) is 0 Å². The summed E-state index contributed by atoms with van der Waals surface area (Å²) in [5.41, 5.74) is 6.31. The molecule has 0 spiro atoms. The molecule has 3 aromatic carbocycles. The van der Waals surface area contributed by atoms with Crippen LogP contribution in [-0.2, 0) is 19.4 Å². The molecule has 4 heteroatoms. The van der Waals surface area contributed by atoms with Crippen molar-refractivity contribution < 1.29 is 0 Å². The molecule has 148 valence electrons. The Balaban J connectivity index is 1.59. The fourth-order valence-electron chi connectivity index (χ4n) is 3.89. The zero-order valence-electron chi connectivity index (χ0n) is 16.5. The molecule has 0 radical (unpaired) electrons. The molecule has 4 rings (SSSR count). The van der Waals surface area contributed by atoms with E-state index in [0.717, 1.165) is 47.8 Å². The van der Waals surface area contributed by atoms with E-state index in [9.17, 15) is 0 Å². The van der Waals surface area contributed by atoms with E-state index >= 15 is 0 Å². The van der Waals surface area contributed by atoms with Gasteiger partial charge in [-0.3, -0.25) is 4.99 Å². The molecule has 0 N–H and O–H groups in total. The van der Waals surface area contributed by atoms with Crippen LogP contribution in [-0.4, -0.2) is 23.8 Å². The Kier molecular flexibility index (Phi) is 6.37. The maximum Gasteiger partial charge on any atom is 0.131 e. The number of nitrogens with zero attached hydrogens (tertiary/aromatic N) is 2. The van der Waals surface area contributed by atoms with Crippen molar-refractivity contribution in [3.05, 3.63) is 104 Å². The van der Waals surface area contributed by atoms with E-state index in [2.05, 4.69) is 82.4 Å². The molecule has 0 fully saturated rings. The summed E-state index contributed by atoms with van der Waals surface area (Å²) >= 11 is 10.3. The van der Waals surface area contributed by atoms with Crippen molar-refractivity contribution in [3.8, 4) is 0 Å². The maximum absolute atomic E-state index is 6.67. The van der Waals surface area contributed by atoms with Crippen LogP contribution in [0.3, 0.4) is 0 Å².